The van der Waals surface area contributed by atoms with Gasteiger partial charge in [0.2, 0.25) is 10.0 Å². The number of primary sulfonamides is 1. The van der Waals surface area contributed by atoms with Crippen molar-refractivity contribution in [2.45, 2.75) is 37.5 Å². The molecule has 0 atom stereocenters. The molecule has 1 aromatic carbocycles. The number of nitrogens with zero attached hydrogens (tertiary/aromatic N) is 4. The average Bonchev–Trinajstić information content (AvgIpc) is 2.94. The summed E-state index contributed by atoms with van der Waals surface area (Å²) in [5, 5.41) is 9.39. The molecule has 9 heteroatoms. The standard InChI is InChI=1S/C16H22FN5O2S/c1-12-19-16(7-10-21-8-3-2-4-9-21)22(20-12)15-11-13(25(18,23)24)5-6-14(15)17/h5-6,11H,2-4,7-10H2,1H3,(H2,18,23,24). The highest BCUT2D eigenvalue weighted by Crippen LogP contribution is 2.20. The van der Waals surface area contributed by atoms with E-state index in [0.717, 1.165) is 31.8 Å². The van der Waals surface area contributed by atoms with Crippen LogP contribution >= 0.6 is 0 Å². The molecule has 2 heterocycles. The average molecular weight is 367 g/mol. The Hall–Kier alpha value is -1.84. The first-order valence-electron chi connectivity index (χ1n) is 8.32. The van der Waals surface area contributed by atoms with Crippen LogP contribution in [0.5, 0.6) is 0 Å². The SMILES string of the molecule is Cc1nc(CCN2CCCCC2)n(-c2cc(S(N)(=O)=O)ccc2F)n1. The van der Waals surface area contributed by atoms with Gasteiger partial charge in [0.25, 0.3) is 0 Å². The molecule has 0 unspecified atom stereocenters. The van der Waals surface area contributed by atoms with E-state index in [1.54, 1.807) is 6.92 Å². The van der Waals surface area contributed by atoms with Gasteiger partial charge in [-0.1, -0.05) is 6.42 Å². The normalized spacial score (nSPS) is 16.3. The molecule has 2 aromatic rings. The minimum absolute atomic E-state index is 0.0424. The number of sulfonamides is 1. The fraction of sp³-hybridized carbons (Fsp3) is 0.500. The van der Waals surface area contributed by atoms with Crippen LogP contribution in [0.1, 0.15) is 30.9 Å². The first-order chi connectivity index (χ1) is 11.8. The second kappa shape index (κ2) is 7.19. The zero-order valence-electron chi connectivity index (χ0n) is 14.2. The highest BCUT2D eigenvalue weighted by Gasteiger charge is 2.18. The number of rotatable bonds is 5. The lowest BCUT2D eigenvalue weighted by molar-refractivity contribution is 0.230. The summed E-state index contributed by atoms with van der Waals surface area (Å²) in [4.78, 5) is 6.58. The van der Waals surface area contributed by atoms with Gasteiger partial charge in [-0.05, 0) is 51.1 Å². The van der Waals surface area contributed by atoms with Crippen molar-refractivity contribution < 1.29 is 12.8 Å². The minimum Gasteiger partial charge on any atom is -0.303 e. The molecule has 0 radical (unpaired) electrons. The molecule has 3 rings (SSSR count). The number of halogens is 1. The van der Waals surface area contributed by atoms with Gasteiger partial charge in [-0.3, -0.25) is 0 Å². The quantitative estimate of drug-likeness (QED) is 0.862. The van der Waals surface area contributed by atoms with Gasteiger partial charge < -0.3 is 4.90 Å². The second-order valence-corrected chi connectivity index (χ2v) is 7.86. The van der Waals surface area contributed by atoms with Crippen LogP contribution < -0.4 is 5.14 Å². The Morgan fingerprint density at radius 3 is 2.64 bits per heavy atom. The van der Waals surface area contributed by atoms with E-state index in [2.05, 4.69) is 15.0 Å². The number of aromatic nitrogens is 3. The summed E-state index contributed by atoms with van der Waals surface area (Å²) >= 11 is 0. The smallest absolute Gasteiger partial charge is 0.238 e. The number of benzene rings is 1. The topological polar surface area (TPSA) is 94.1 Å². The van der Waals surface area contributed by atoms with Crippen molar-refractivity contribution in [3.63, 3.8) is 0 Å². The molecule has 1 aliphatic heterocycles. The maximum atomic E-state index is 14.3. The molecule has 136 valence electrons. The maximum Gasteiger partial charge on any atom is 0.238 e. The van der Waals surface area contributed by atoms with E-state index in [1.165, 1.54) is 30.0 Å². The van der Waals surface area contributed by atoms with Gasteiger partial charge in [0.05, 0.1) is 4.90 Å². The summed E-state index contributed by atoms with van der Waals surface area (Å²) in [6.45, 7) is 4.65. The molecule has 0 spiro atoms. The Labute approximate surface area is 146 Å². The van der Waals surface area contributed by atoms with Crippen LogP contribution in [0.25, 0.3) is 5.69 Å². The number of aryl methyl sites for hydroxylation is 1. The third kappa shape index (κ3) is 4.23. The molecular weight excluding hydrogens is 345 g/mol. The number of piperidine rings is 1. The Morgan fingerprint density at radius 2 is 1.96 bits per heavy atom. The predicted molar refractivity (Wildman–Crippen MR) is 91.4 cm³/mol. The molecule has 1 aliphatic rings. The minimum atomic E-state index is -3.92. The molecule has 0 saturated carbocycles. The molecule has 0 aliphatic carbocycles. The first kappa shape index (κ1) is 18.0. The van der Waals surface area contributed by atoms with Crippen molar-refractivity contribution in [2.75, 3.05) is 19.6 Å². The van der Waals surface area contributed by atoms with Crippen LogP contribution in [0.15, 0.2) is 23.1 Å². The van der Waals surface area contributed by atoms with Gasteiger partial charge in [0, 0.05) is 13.0 Å². The molecule has 0 amide bonds. The van der Waals surface area contributed by atoms with Crippen molar-refractivity contribution in [3.8, 4) is 5.69 Å². The summed E-state index contributed by atoms with van der Waals surface area (Å²) in [7, 11) is -3.92. The molecule has 1 saturated heterocycles. The number of hydrogen-bond acceptors (Lipinski definition) is 5. The predicted octanol–water partition coefficient (Wildman–Crippen LogP) is 1.39. The van der Waals surface area contributed by atoms with Crippen LogP contribution in [-0.2, 0) is 16.4 Å². The van der Waals surface area contributed by atoms with Crippen LogP contribution in [0, 0.1) is 12.7 Å². The molecule has 0 bridgehead atoms. The summed E-state index contributed by atoms with van der Waals surface area (Å²) in [6.07, 6.45) is 4.25. The highest BCUT2D eigenvalue weighted by molar-refractivity contribution is 7.89. The summed E-state index contributed by atoms with van der Waals surface area (Å²) in [5.74, 6) is 0.541. The van der Waals surface area contributed by atoms with Crippen molar-refractivity contribution in [3.05, 3.63) is 35.7 Å². The van der Waals surface area contributed by atoms with Gasteiger partial charge in [0.15, 0.2) is 0 Å². The maximum absolute atomic E-state index is 14.3. The molecule has 1 fully saturated rings. The van der Waals surface area contributed by atoms with E-state index in [-0.39, 0.29) is 10.6 Å². The number of nitrogens with two attached hydrogens (primary N) is 1. The Kier molecular flexibility index (Phi) is 5.16. The van der Waals surface area contributed by atoms with E-state index in [4.69, 9.17) is 5.14 Å². The van der Waals surface area contributed by atoms with Crippen LogP contribution in [0.3, 0.4) is 0 Å². The van der Waals surface area contributed by atoms with E-state index in [0.29, 0.717) is 18.1 Å². The van der Waals surface area contributed by atoms with Crippen molar-refractivity contribution in [1.29, 1.82) is 0 Å². The zero-order valence-corrected chi connectivity index (χ0v) is 15.0. The van der Waals surface area contributed by atoms with Crippen molar-refractivity contribution in [1.82, 2.24) is 19.7 Å². The lowest BCUT2D eigenvalue weighted by Gasteiger charge is -2.26. The second-order valence-electron chi connectivity index (χ2n) is 6.30. The number of hydrogen-bond donors (Lipinski definition) is 1. The first-order valence-corrected chi connectivity index (χ1v) is 9.87. The van der Waals surface area contributed by atoms with Crippen LogP contribution in [0.4, 0.5) is 4.39 Å². The van der Waals surface area contributed by atoms with E-state index in [9.17, 15) is 12.8 Å². The fourth-order valence-electron chi connectivity index (χ4n) is 3.09. The van der Waals surface area contributed by atoms with Gasteiger partial charge in [-0.25, -0.2) is 27.6 Å². The van der Waals surface area contributed by atoms with Gasteiger partial charge in [-0.15, -0.1) is 0 Å². The van der Waals surface area contributed by atoms with Gasteiger partial charge in [-0.2, -0.15) is 5.10 Å². The van der Waals surface area contributed by atoms with E-state index in [1.807, 2.05) is 0 Å². The van der Waals surface area contributed by atoms with E-state index < -0.39 is 15.8 Å². The largest absolute Gasteiger partial charge is 0.303 e. The Balaban J connectivity index is 1.90. The molecular formula is C16H22FN5O2S. The lowest BCUT2D eigenvalue weighted by Crippen LogP contribution is -2.32. The van der Waals surface area contributed by atoms with Crippen LogP contribution in [-0.4, -0.2) is 47.7 Å². The highest BCUT2D eigenvalue weighted by atomic mass is 32.2. The molecule has 2 N–H and O–H groups in total. The summed E-state index contributed by atoms with van der Waals surface area (Å²) in [5.41, 5.74) is 0.0424. The van der Waals surface area contributed by atoms with E-state index >= 15 is 0 Å². The monoisotopic (exact) mass is 367 g/mol. The third-order valence-corrected chi connectivity index (χ3v) is 5.27. The third-order valence-electron chi connectivity index (χ3n) is 4.35. The fourth-order valence-corrected chi connectivity index (χ4v) is 3.62. The Morgan fingerprint density at radius 1 is 1.24 bits per heavy atom. The molecule has 7 nitrogen and oxygen atoms in total. The van der Waals surface area contributed by atoms with Gasteiger partial charge in [0.1, 0.15) is 23.2 Å². The van der Waals surface area contributed by atoms with Crippen molar-refractivity contribution in [2.24, 2.45) is 5.14 Å². The summed E-state index contributed by atoms with van der Waals surface area (Å²) < 4.78 is 38.8. The number of likely N-dealkylation sites (tertiary alicyclic amines) is 1. The zero-order chi connectivity index (χ0) is 18.0. The lowest BCUT2D eigenvalue weighted by atomic mass is 10.1. The van der Waals surface area contributed by atoms with Crippen molar-refractivity contribution >= 4 is 10.0 Å². The van der Waals surface area contributed by atoms with Gasteiger partial charge >= 0.3 is 0 Å². The Bertz CT molecular complexity index is 859. The molecule has 25 heavy (non-hydrogen) atoms. The summed E-state index contributed by atoms with van der Waals surface area (Å²) in [6, 6.07) is 3.43. The van der Waals surface area contributed by atoms with Crippen LogP contribution in [0.2, 0.25) is 0 Å². The molecule has 1 aromatic heterocycles.